The Bertz CT molecular complexity index is 1660. The van der Waals surface area contributed by atoms with Crippen LogP contribution < -0.4 is 24.6 Å². The standard InChI is InChI=1S/C28H16BNO2S2/c1-2-9-17(10-3-1)30-19-12-8-16-23-24(19)29(26-28(30)32-21-14-6-5-13-20(21)31-26)27-25(33-23)18-11-4-7-15-22(18)34-27/h1-16H. The number of para-hydroxylation sites is 3. The van der Waals surface area contributed by atoms with Gasteiger partial charge in [-0.15, -0.1) is 11.3 Å². The first-order chi connectivity index (χ1) is 16.9. The van der Waals surface area contributed by atoms with Gasteiger partial charge in [-0.05, 0) is 47.9 Å². The van der Waals surface area contributed by atoms with E-state index in [0.29, 0.717) is 0 Å². The number of nitrogens with zero attached hydrogens (tertiary/aromatic N) is 1. The van der Waals surface area contributed by atoms with Gasteiger partial charge in [0.05, 0.1) is 0 Å². The first-order valence-corrected chi connectivity index (χ1v) is 12.9. The SMILES string of the molecule is c1ccc(N2C3=C(Oc4ccccc4O3)B3c4sc5ccccc5c4Sc4cccc2c43)cc1. The van der Waals surface area contributed by atoms with Crippen LogP contribution in [-0.2, 0) is 0 Å². The van der Waals surface area contributed by atoms with Crippen LogP contribution in [0.4, 0.5) is 11.4 Å². The van der Waals surface area contributed by atoms with Crippen molar-refractivity contribution in [1.82, 2.24) is 0 Å². The van der Waals surface area contributed by atoms with Crippen LogP contribution in [0.1, 0.15) is 0 Å². The lowest BCUT2D eigenvalue weighted by molar-refractivity contribution is 0.307. The van der Waals surface area contributed by atoms with E-state index in [4.69, 9.17) is 9.47 Å². The smallest absolute Gasteiger partial charge is 0.311 e. The van der Waals surface area contributed by atoms with E-state index in [1.165, 1.54) is 30.1 Å². The average Bonchev–Trinajstić information content (AvgIpc) is 3.26. The Hall–Kier alpha value is -3.61. The van der Waals surface area contributed by atoms with Crippen LogP contribution in [0.2, 0.25) is 0 Å². The van der Waals surface area contributed by atoms with E-state index in [1.54, 1.807) is 0 Å². The maximum atomic E-state index is 6.70. The van der Waals surface area contributed by atoms with Gasteiger partial charge in [0.25, 0.3) is 0 Å². The van der Waals surface area contributed by atoms with Crippen molar-refractivity contribution in [2.24, 2.45) is 0 Å². The molecule has 0 bridgehead atoms. The largest absolute Gasteiger partial charge is 0.461 e. The van der Waals surface area contributed by atoms with Gasteiger partial charge in [0.1, 0.15) is 5.66 Å². The van der Waals surface area contributed by atoms with E-state index in [9.17, 15) is 0 Å². The van der Waals surface area contributed by atoms with Gasteiger partial charge in [0.15, 0.2) is 11.5 Å². The molecule has 34 heavy (non-hydrogen) atoms. The molecule has 6 heteroatoms. The number of anilines is 2. The van der Waals surface area contributed by atoms with Gasteiger partial charge in [0.2, 0.25) is 5.88 Å². The Morgan fingerprint density at radius 2 is 1.47 bits per heavy atom. The van der Waals surface area contributed by atoms with Crippen molar-refractivity contribution in [1.29, 1.82) is 0 Å². The molecule has 0 fully saturated rings. The van der Waals surface area contributed by atoms with E-state index >= 15 is 0 Å². The lowest BCUT2D eigenvalue weighted by atomic mass is 9.40. The number of rotatable bonds is 1. The molecule has 160 valence electrons. The predicted molar refractivity (Wildman–Crippen MR) is 141 cm³/mol. The molecule has 0 saturated heterocycles. The number of benzene rings is 4. The highest BCUT2D eigenvalue weighted by Gasteiger charge is 2.48. The summed E-state index contributed by atoms with van der Waals surface area (Å²) in [6.07, 6.45) is 0. The van der Waals surface area contributed by atoms with Gasteiger partial charge < -0.3 is 9.47 Å². The highest BCUT2D eigenvalue weighted by molar-refractivity contribution is 8.00. The molecule has 3 aliphatic heterocycles. The zero-order chi connectivity index (χ0) is 22.2. The lowest BCUT2D eigenvalue weighted by Crippen LogP contribution is -2.55. The normalized spacial score (nSPS) is 15.2. The molecule has 0 atom stereocenters. The maximum Gasteiger partial charge on any atom is 0.311 e. The maximum absolute atomic E-state index is 6.70. The lowest BCUT2D eigenvalue weighted by Gasteiger charge is -2.41. The van der Waals surface area contributed by atoms with Crippen LogP contribution in [-0.4, -0.2) is 6.71 Å². The van der Waals surface area contributed by atoms with Crippen molar-refractivity contribution >= 4 is 61.5 Å². The number of hydrogen-bond acceptors (Lipinski definition) is 5. The average molecular weight is 473 g/mol. The molecule has 3 nitrogen and oxygen atoms in total. The summed E-state index contributed by atoms with van der Waals surface area (Å²) in [5, 5.41) is 1.31. The molecule has 8 rings (SSSR count). The van der Waals surface area contributed by atoms with Crippen LogP contribution in [0.3, 0.4) is 0 Å². The Labute approximate surface area is 205 Å². The first-order valence-electron chi connectivity index (χ1n) is 11.2. The van der Waals surface area contributed by atoms with Gasteiger partial charge in [-0.3, -0.25) is 4.90 Å². The summed E-state index contributed by atoms with van der Waals surface area (Å²) in [5.74, 6) is 2.24. The van der Waals surface area contributed by atoms with Gasteiger partial charge in [0, 0.05) is 36.0 Å². The van der Waals surface area contributed by atoms with Crippen molar-refractivity contribution in [3.63, 3.8) is 0 Å². The predicted octanol–water partition coefficient (Wildman–Crippen LogP) is 6.31. The van der Waals surface area contributed by atoms with Crippen LogP contribution in [0, 0.1) is 0 Å². The fourth-order valence-corrected chi connectivity index (χ4v) is 7.88. The number of thiophene rings is 1. The second kappa shape index (κ2) is 6.95. The van der Waals surface area contributed by atoms with Crippen molar-refractivity contribution < 1.29 is 9.47 Å². The molecule has 5 aromatic rings. The van der Waals surface area contributed by atoms with E-state index < -0.39 is 0 Å². The van der Waals surface area contributed by atoms with Crippen LogP contribution in [0.25, 0.3) is 10.1 Å². The Balaban J connectivity index is 1.45. The van der Waals surface area contributed by atoms with Crippen LogP contribution >= 0.6 is 23.1 Å². The summed E-state index contributed by atoms with van der Waals surface area (Å²) < 4.78 is 16.0. The molecular weight excluding hydrogens is 457 g/mol. The van der Waals surface area contributed by atoms with Gasteiger partial charge in [-0.2, -0.15) is 0 Å². The van der Waals surface area contributed by atoms with Crippen molar-refractivity contribution in [2.75, 3.05) is 4.90 Å². The zero-order valence-electron chi connectivity index (χ0n) is 17.9. The third kappa shape index (κ3) is 2.50. The minimum atomic E-state index is -0.0110. The van der Waals surface area contributed by atoms with Crippen molar-refractivity contribution in [3.05, 3.63) is 109 Å². The molecule has 0 unspecified atom stereocenters. The van der Waals surface area contributed by atoms with Gasteiger partial charge in [-0.1, -0.05) is 66.4 Å². The Kier molecular flexibility index (Phi) is 3.84. The summed E-state index contributed by atoms with van der Waals surface area (Å²) in [6, 6.07) is 33.6. The summed E-state index contributed by atoms with van der Waals surface area (Å²) in [4.78, 5) is 4.81. The molecule has 0 saturated carbocycles. The molecule has 0 radical (unpaired) electrons. The van der Waals surface area contributed by atoms with Gasteiger partial charge in [-0.25, -0.2) is 0 Å². The quantitative estimate of drug-likeness (QED) is 0.266. The third-order valence-corrected chi connectivity index (χ3v) is 9.17. The minimum absolute atomic E-state index is 0.0110. The molecule has 1 aromatic heterocycles. The topological polar surface area (TPSA) is 21.7 Å². The number of ether oxygens (including phenoxy) is 2. The second-order valence-corrected chi connectivity index (χ2v) is 10.6. The summed E-state index contributed by atoms with van der Waals surface area (Å²) >= 11 is 3.74. The van der Waals surface area contributed by atoms with Crippen LogP contribution in [0.5, 0.6) is 11.5 Å². The summed E-state index contributed by atoms with van der Waals surface area (Å²) in [7, 11) is 0. The summed E-state index contributed by atoms with van der Waals surface area (Å²) in [5.41, 5.74) is 4.34. The monoisotopic (exact) mass is 473 g/mol. The molecular formula is C28H16BNO2S2. The molecule has 0 aliphatic carbocycles. The molecule has 4 aromatic carbocycles. The van der Waals surface area contributed by atoms with E-state index in [1.807, 2.05) is 53.4 Å². The molecule has 0 amide bonds. The second-order valence-electron chi connectivity index (χ2n) is 8.51. The van der Waals surface area contributed by atoms with Crippen molar-refractivity contribution in [2.45, 2.75) is 9.79 Å². The van der Waals surface area contributed by atoms with E-state index in [0.717, 1.165) is 34.4 Å². The first kappa shape index (κ1) is 18.8. The number of fused-ring (bicyclic) bond motifs is 6. The third-order valence-electron chi connectivity index (χ3n) is 6.59. The van der Waals surface area contributed by atoms with E-state index in [-0.39, 0.29) is 6.71 Å². The van der Waals surface area contributed by atoms with Crippen LogP contribution in [0.15, 0.2) is 118 Å². The number of hydrogen-bond donors (Lipinski definition) is 0. The fourth-order valence-electron chi connectivity index (χ4n) is 5.15. The molecule has 3 aliphatic rings. The molecule has 4 heterocycles. The minimum Gasteiger partial charge on any atom is -0.461 e. The van der Waals surface area contributed by atoms with Gasteiger partial charge >= 0.3 is 6.71 Å². The highest BCUT2D eigenvalue weighted by atomic mass is 32.2. The molecule has 0 spiro atoms. The highest BCUT2D eigenvalue weighted by Crippen LogP contribution is 2.48. The van der Waals surface area contributed by atoms with E-state index in [2.05, 4.69) is 71.6 Å². The Morgan fingerprint density at radius 1 is 0.706 bits per heavy atom. The Morgan fingerprint density at radius 3 is 2.35 bits per heavy atom. The van der Waals surface area contributed by atoms with Crippen molar-refractivity contribution in [3.8, 4) is 11.5 Å². The zero-order valence-corrected chi connectivity index (χ0v) is 19.5. The summed E-state index contributed by atoms with van der Waals surface area (Å²) in [6.45, 7) is -0.0110. The fraction of sp³-hybridized carbons (Fsp3) is 0. The molecule has 0 N–H and O–H groups in total.